The molecule has 4 atom stereocenters. The number of carboxylic acid groups (broad SMARTS) is 1. The number of aryl methyl sites for hydroxylation is 1. The average molecular weight is 356 g/mol. The molecule has 2 saturated carbocycles. The largest absolute Gasteiger partial charge is 0.544 e. The van der Waals surface area contributed by atoms with Gasteiger partial charge < -0.3 is 9.90 Å². The molecule has 1 aromatic rings. The Kier molecular flexibility index (Phi) is 4.02. The molecular formula is C23H33NO2. The first kappa shape index (κ1) is 18.0. The highest BCUT2D eigenvalue weighted by atomic mass is 16.4. The highest BCUT2D eigenvalue weighted by molar-refractivity contribution is 5.62. The van der Waals surface area contributed by atoms with Crippen LogP contribution in [-0.2, 0) is 23.2 Å². The van der Waals surface area contributed by atoms with Gasteiger partial charge in [-0.05, 0) is 72.2 Å². The summed E-state index contributed by atoms with van der Waals surface area (Å²) in [5, 5.41) is 11.0. The molecule has 3 aliphatic carbocycles. The standard InChI is InChI=1S/C23H33NO2/c1-21(2)10-5-11-23(4)18(21)8-12-22(3)17-9-13-24(15-20(25)26)14-16(17)6-7-19(22)23/h9,13-14,18-19H,5-8,10-12,15H2,1-4H3/t18?,19?,22-,23-/m0/s1. The first-order valence-corrected chi connectivity index (χ1v) is 10.4. The van der Waals surface area contributed by atoms with Gasteiger partial charge in [-0.1, -0.05) is 34.1 Å². The summed E-state index contributed by atoms with van der Waals surface area (Å²) in [6.07, 6.45) is 13.0. The number of hydrogen-bond acceptors (Lipinski definition) is 2. The van der Waals surface area contributed by atoms with Gasteiger partial charge in [0.2, 0.25) is 0 Å². The van der Waals surface area contributed by atoms with E-state index >= 15 is 0 Å². The number of hydrogen-bond donors (Lipinski definition) is 0. The molecule has 1 heterocycles. The first-order valence-electron chi connectivity index (χ1n) is 10.4. The number of aliphatic carboxylic acids is 1. The minimum atomic E-state index is -1.02. The van der Waals surface area contributed by atoms with Crippen LogP contribution in [0.15, 0.2) is 18.5 Å². The molecule has 0 aliphatic heterocycles. The Morgan fingerprint density at radius 2 is 1.92 bits per heavy atom. The summed E-state index contributed by atoms with van der Waals surface area (Å²) in [5.74, 6) is 0.542. The number of nitrogens with zero attached hydrogens (tertiary/aromatic N) is 1. The van der Waals surface area contributed by atoms with Crippen molar-refractivity contribution in [3.05, 3.63) is 29.6 Å². The summed E-state index contributed by atoms with van der Waals surface area (Å²) >= 11 is 0. The fraction of sp³-hybridized carbons (Fsp3) is 0.739. The Morgan fingerprint density at radius 1 is 1.15 bits per heavy atom. The zero-order valence-corrected chi connectivity index (χ0v) is 16.8. The van der Waals surface area contributed by atoms with E-state index in [1.165, 1.54) is 49.7 Å². The summed E-state index contributed by atoms with van der Waals surface area (Å²) in [6.45, 7) is 10.0. The molecule has 142 valence electrons. The van der Waals surface area contributed by atoms with E-state index in [9.17, 15) is 9.90 Å². The molecule has 0 spiro atoms. The van der Waals surface area contributed by atoms with Crippen molar-refractivity contribution in [2.45, 2.75) is 84.6 Å². The highest BCUT2D eigenvalue weighted by Gasteiger charge is 2.59. The zero-order chi connectivity index (χ0) is 18.7. The SMILES string of the molecule is CC1(C)CCC[C@@]2(C)C1CC[C@@]1(C)c3cc[n+](CC(=O)[O-])cc3CCC21. The van der Waals surface area contributed by atoms with Gasteiger partial charge in [0.1, 0.15) is 5.97 Å². The molecule has 0 radical (unpaired) electrons. The summed E-state index contributed by atoms with van der Waals surface area (Å²) in [7, 11) is 0. The minimum absolute atomic E-state index is 0.0542. The zero-order valence-electron chi connectivity index (χ0n) is 16.8. The predicted octanol–water partition coefficient (Wildman–Crippen LogP) is 3.17. The van der Waals surface area contributed by atoms with Crippen molar-refractivity contribution >= 4 is 5.97 Å². The van der Waals surface area contributed by atoms with Crippen molar-refractivity contribution < 1.29 is 14.5 Å². The van der Waals surface area contributed by atoms with Gasteiger partial charge in [-0.3, -0.25) is 0 Å². The lowest BCUT2D eigenvalue weighted by atomic mass is 9.41. The fourth-order valence-corrected chi connectivity index (χ4v) is 7.51. The quantitative estimate of drug-likeness (QED) is 0.765. The van der Waals surface area contributed by atoms with Gasteiger partial charge in [0.15, 0.2) is 18.9 Å². The van der Waals surface area contributed by atoms with Crippen molar-refractivity contribution in [3.63, 3.8) is 0 Å². The maximum absolute atomic E-state index is 11.0. The van der Waals surface area contributed by atoms with E-state index in [0.717, 1.165) is 18.3 Å². The number of pyridine rings is 1. The fourth-order valence-electron chi connectivity index (χ4n) is 7.51. The molecule has 0 saturated heterocycles. The third kappa shape index (κ3) is 2.53. The Balaban J connectivity index is 1.73. The second-order valence-electron chi connectivity index (χ2n) is 10.4. The van der Waals surface area contributed by atoms with E-state index in [4.69, 9.17) is 0 Å². The molecule has 0 bridgehead atoms. The maximum Gasteiger partial charge on any atom is 0.187 e. The summed E-state index contributed by atoms with van der Waals surface area (Å²) in [5.41, 5.74) is 3.95. The Labute approximate surface area is 157 Å². The molecule has 3 nitrogen and oxygen atoms in total. The molecule has 3 aliphatic rings. The molecule has 3 heteroatoms. The van der Waals surface area contributed by atoms with Crippen LogP contribution in [0.25, 0.3) is 0 Å². The van der Waals surface area contributed by atoms with Crippen molar-refractivity contribution in [1.29, 1.82) is 0 Å². The smallest absolute Gasteiger partial charge is 0.187 e. The van der Waals surface area contributed by atoms with Crippen molar-refractivity contribution in [3.8, 4) is 0 Å². The Hall–Kier alpha value is -1.38. The molecule has 0 amide bonds. The van der Waals surface area contributed by atoms with Crippen molar-refractivity contribution in [2.75, 3.05) is 0 Å². The van der Waals surface area contributed by atoms with Gasteiger partial charge in [0.25, 0.3) is 0 Å². The number of aromatic nitrogens is 1. The lowest BCUT2D eigenvalue weighted by Crippen LogP contribution is -2.58. The van der Waals surface area contributed by atoms with Gasteiger partial charge >= 0.3 is 0 Å². The Morgan fingerprint density at radius 3 is 2.65 bits per heavy atom. The lowest BCUT2D eigenvalue weighted by molar-refractivity contribution is -0.691. The molecular weight excluding hydrogens is 322 g/mol. The average Bonchev–Trinajstić information content (AvgIpc) is 2.52. The van der Waals surface area contributed by atoms with Crippen LogP contribution in [0.2, 0.25) is 0 Å². The monoisotopic (exact) mass is 355 g/mol. The molecule has 2 unspecified atom stereocenters. The molecule has 1 aromatic heterocycles. The second-order valence-corrected chi connectivity index (χ2v) is 10.4. The summed E-state index contributed by atoms with van der Waals surface area (Å²) in [4.78, 5) is 11.0. The number of rotatable bonds is 2. The molecule has 2 fully saturated rings. The summed E-state index contributed by atoms with van der Waals surface area (Å²) in [6, 6.07) is 2.21. The van der Waals surface area contributed by atoms with Crippen LogP contribution in [0.5, 0.6) is 0 Å². The first-order chi connectivity index (χ1) is 12.2. The molecule has 26 heavy (non-hydrogen) atoms. The van der Waals surface area contributed by atoms with Crippen LogP contribution in [-0.4, -0.2) is 5.97 Å². The minimum Gasteiger partial charge on any atom is -0.544 e. The third-order valence-corrected chi connectivity index (χ3v) is 8.52. The number of carboxylic acids is 1. The second kappa shape index (κ2) is 5.81. The number of carbonyl (C=O) groups excluding carboxylic acids is 1. The van der Waals surface area contributed by atoms with Crippen LogP contribution < -0.4 is 9.67 Å². The van der Waals surface area contributed by atoms with E-state index in [2.05, 4.69) is 40.0 Å². The highest BCUT2D eigenvalue weighted by Crippen LogP contribution is 2.66. The van der Waals surface area contributed by atoms with Gasteiger partial charge in [-0.15, -0.1) is 0 Å². The number of fused-ring (bicyclic) bond motifs is 5. The normalized spacial score (nSPS) is 38.0. The molecule has 0 aromatic carbocycles. The van der Waals surface area contributed by atoms with E-state index in [1.54, 1.807) is 4.57 Å². The summed E-state index contributed by atoms with van der Waals surface area (Å²) < 4.78 is 1.77. The van der Waals surface area contributed by atoms with Gasteiger partial charge in [0, 0.05) is 11.6 Å². The van der Waals surface area contributed by atoms with Gasteiger partial charge in [0.05, 0.1) is 0 Å². The van der Waals surface area contributed by atoms with E-state index in [1.807, 2.05) is 6.20 Å². The van der Waals surface area contributed by atoms with Crippen LogP contribution in [0.1, 0.15) is 77.3 Å². The number of carbonyl (C=O) groups is 1. The van der Waals surface area contributed by atoms with Crippen LogP contribution >= 0.6 is 0 Å². The predicted molar refractivity (Wildman–Crippen MR) is 99.3 cm³/mol. The van der Waals surface area contributed by atoms with Crippen LogP contribution in [0.4, 0.5) is 0 Å². The van der Waals surface area contributed by atoms with E-state index in [-0.39, 0.29) is 12.0 Å². The van der Waals surface area contributed by atoms with E-state index < -0.39 is 5.97 Å². The molecule has 4 rings (SSSR count). The van der Waals surface area contributed by atoms with Crippen LogP contribution in [0, 0.1) is 22.7 Å². The topological polar surface area (TPSA) is 44.0 Å². The third-order valence-electron chi connectivity index (χ3n) is 8.52. The van der Waals surface area contributed by atoms with E-state index in [0.29, 0.717) is 10.8 Å². The maximum atomic E-state index is 11.0. The van der Waals surface area contributed by atoms with Crippen molar-refractivity contribution in [2.24, 2.45) is 22.7 Å². The molecule has 0 N–H and O–H groups in total. The van der Waals surface area contributed by atoms with Crippen molar-refractivity contribution in [1.82, 2.24) is 0 Å². The van der Waals surface area contributed by atoms with Gasteiger partial charge in [-0.25, -0.2) is 0 Å². The Bertz CT molecular complexity index is 740. The lowest BCUT2D eigenvalue weighted by Gasteiger charge is -2.64. The van der Waals surface area contributed by atoms with Crippen LogP contribution in [0.3, 0.4) is 0 Å². The van der Waals surface area contributed by atoms with Gasteiger partial charge in [-0.2, -0.15) is 4.57 Å².